The van der Waals surface area contributed by atoms with Gasteiger partial charge < -0.3 is 5.11 Å². The van der Waals surface area contributed by atoms with Gasteiger partial charge in [0, 0.05) is 10.9 Å². The first-order valence-corrected chi connectivity index (χ1v) is 8.25. The Morgan fingerprint density at radius 1 is 1.28 bits per heavy atom. The fraction of sp³-hybridized carbons (Fsp3) is 0.0556. The standard InChI is InChI=1S/C18H14FN3O2S/c1-11-10-25-18(21-11)22-20-9-12-2-4-13(5-3-12)15-7-6-14(17(23)24)8-16(15)19/h2-10H,1H3,(H,21,22)(H,23,24). The number of aryl methyl sites for hydroxylation is 1. The minimum Gasteiger partial charge on any atom is -0.478 e. The molecule has 0 fully saturated rings. The van der Waals surface area contributed by atoms with E-state index < -0.39 is 11.8 Å². The molecule has 0 aliphatic rings. The van der Waals surface area contributed by atoms with Gasteiger partial charge in [-0.2, -0.15) is 5.10 Å². The van der Waals surface area contributed by atoms with Gasteiger partial charge in [-0.3, -0.25) is 5.43 Å². The highest BCUT2D eigenvalue weighted by Gasteiger charge is 2.09. The molecule has 0 spiro atoms. The van der Waals surface area contributed by atoms with Crippen LogP contribution in [0.1, 0.15) is 21.6 Å². The number of halogens is 1. The molecule has 2 aromatic carbocycles. The van der Waals surface area contributed by atoms with Crippen molar-refractivity contribution in [1.82, 2.24) is 4.98 Å². The van der Waals surface area contributed by atoms with E-state index in [0.717, 1.165) is 17.3 Å². The third-order valence-electron chi connectivity index (χ3n) is 3.43. The molecular weight excluding hydrogens is 341 g/mol. The molecule has 0 radical (unpaired) electrons. The van der Waals surface area contributed by atoms with Crippen LogP contribution in [0.2, 0.25) is 0 Å². The summed E-state index contributed by atoms with van der Waals surface area (Å²) in [6.45, 7) is 1.91. The molecule has 3 rings (SSSR count). The summed E-state index contributed by atoms with van der Waals surface area (Å²) in [6.07, 6.45) is 1.64. The molecule has 0 amide bonds. The molecule has 2 N–H and O–H groups in total. The lowest BCUT2D eigenvalue weighted by atomic mass is 10.0. The van der Waals surface area contributed by atoms with Gasteiger partial charge in [0.1, 0.15) is 5.82 Å². The van der Waals surface area contributed by atoms with Crippen molar-refractivity contribution in [3.63, 3.8) is 0 Å². The zero-order chi connectivity index (χ0) is 17.8. The van der Waals surface area contributed by atoms with E-state index in [4.69, 9.17) is 5.11 Å². The van der Waals surface area contributed by atoms with Crippen LogP contribution in [0.25, 0.3) is 11.1 Å². The average molecular weight is 355 g/mol. The van der Waals surface area contributed by atoms with Gasteiger partial charge in [-0.15, -0.1) is 11.3 Å². The Kier molecular flexibility index (Phi) is 4.85. The molecular formula is C18H14FN3O2S. The van der Waals surface area contributed by atoms with E-state index >= 15 is 0 Å². The number of benzene rings is 2. The zero-order valence-electron chi connectivity index (χ0n) is 13.2. The molecule has 126 valence electrons. The van der Waals surface area contributed by atoms with Crippen LogP contribution < -0.4 is 5.43 Å². The lowest BCUT2D eigenvalue weighted by Crippen LogP contribution is -1.97. The average Bonchev–Trinajstić information content (AvgIpc) is 3.01. The number of aromatic carboxylic acids is 1. The highest BCUT2D eigenvalue weighted by Crippen LogP contribution is 2.24. The number of carbonyl (C=O) groups is 1. The molecule has 7 heteroatoms. The van der Waals surface area contributed by atoms with E-state index in [1.165, 1.54) is 23.5 Å². The van der Waals surface area contributed by atoms with Gasteiger partial charge in [0.25, 0.3) is 0 Å². The Morgan fingerprint density at radius 3 is 2.64 bits per heavy atom. The summed E-state index contributed by atoms with van der Waals surface area (Å²) in [5.41, 5.74) is 5.56. The summed E-state index contributed by atoms with van der Waals surface area (Å²) in [6, 6.07) is 11.0. The van der Waals surface area contributed by atoms with E-state index in [2.05, 4.69) is 15.5 Å². The minimum absolute atomic E-state index is 0.0755. The Bertz CT molecular complexity index is 936. The third kappa shape index (κ3) is 4.07. The lowest BCUT2D eigenvalue weighted by molar-refractivity contribution is 0.0696. The van der Waals surface area contributed by atoms with E-state index in [0.29, 0.717) is 16.3 Å². The number of nitrogens with one attached hydrogen (secondary N) is 1. The van der Waals surface area contributed by atoms with Gasteiger partial charge in [0.2, 0.25) is 5.13 Å². The van der Waals surface area contributed by atoms with Crippen LogP contribution in [0.4, 0.5) is 9.52 Å². The Morgan fingerprint density at radius 2 is 2.04 bits per heavy atom. The van der Waals surface area contributed by atoms with Crippen LogP contribution in [0.3, 0.4) is 0 Å². The maximum Gasteiger partial charge on any atom is 0.335 e. The van der Waals surface area contributed by atoms with Crippen molar-refractivity contribution in [2.45, 2.75) is 6.92 Å². The van der Waals surface area contributed by atoms with Gasteiger partial charge >= 0.3 is 5.97 Å². The van der Waals surface area contributed by atoms with Gasteiger partial charge in [-0.05, 0) is 30.2 Å². The molecule has 3 aromatic rings. The van der Waals surface area contributed by atoms with Crippen LogP contribution in [0, 0.1) is 12.7 Å². The summed E-state index contributed by atoms with van der Waals surface area (Å²) < 4.78 is 14.1. The normalized spacial score (nSPS) is 11.0. The molecule has 25 heavy (non-hydrogen) atoms. The fourth-order valence-corrected chi connectivity index (χ4v) is 2.84. The highest BCUT2D eigenvalue weighted by molar-refractivity contribution is 7.13. The van der Waals surface area contributed by atoms with Crippen molar-refractivity contribution in [3.05, 3.63) is 70.5 Å². The Balaban J connectivity index is 1.72. The van der Waals surface area contributed by atoms with E-state index in [1.807, 2.05) is 12.3 Å². The SMILES string of the molecule is Cc1csc(NN=Cc2ccc(-c3ccc(C(=O)O)cc3F)cc2)n1. The summed E-state index contributed by atoms with van der Waals surface area (Å²) in [5.74, 6) is -1.72. The van der Waals surface area contributed by atoms with Crippen molar-refractivity contribution in [3.8, 4) is 11.1 Å². The van der Waals surface area contributed by atoms with Crippen LogP contribution in [0.5, 0.6) is 0 Å². The van der Waals surface area contributed by atoms with Crippen LogP contribution in [-0.2, 0) is 0 Å². The van der Waals surface area contributed by atoms with Crippen molar-refractivity contribution in [2.75, 3.05) is 5.43 Å². The maximum atomic E-state index is 14.1. The van der Waals surface area contributed by atoms with Crippen LogP contribution in [0.15, 0.2) is 52.9 Å². The highest BCUT2D eigenvalue weighted by atomic mass is 32.1. The number of thiazole rings is 1. The number of hydrogen-bond donors (Lipinski definition) is 2. The predicted molar refractivity (Wildman–Crippen MR) is 96.9 cm³/mol. The molecule has 0 saturated heterocycles. The largest absolute Gasteiger partial charge is 0.478 e. The Hall–Kier alpha value is -3.06. The smallest absolute Gasteiger partial charge is 0.335 e. The fourth-order valence-electron chi connectivity index (χ4n) is 2.20. The Labute approximate surface area is 147 Å². The molecule has 0 bridgehead atoms. The summed E-state index contributed by atoms with van der Waals surface area (Å²) in [7, 11) is 0. The van der Waals surface area contributed by atoms with Crippen molar-refractivity contribution >= 4 is 28.7 Å². The minimum atomic E-state index is -1.15. The molecule has 0 saturated carbocycles. The topological polar surface area (TPSA) is 74.6 Å². The summed E-state index contributed by atoms with van der Waals surface area (Å²) in [5, 5.41) is 15.6. The number of carboxylic acids is 1. The molecule has 0 aliphatic carbocycles. The maximum absolute atomic E-state index is 14.1. The molecule has 5 nitrogen and oxygen atoms in total. The second-order valence-electron chi connectivity index (χ2n) is 5.29. The van der Waals surface area contributed by atoms with E-state index in [-0.39, 0.29) is 5.56 Å². The predicted octanol–water partition coefficient (Wildman–Crippen LogP) is 4.40. The molecule has 0 unspecified atom stereocenters. The van der Waals surface area contributed by atoms with Crippen molar-refractivity contribution in [1.29, 1.82) is 0 Å². The van der Waals surface area contributed by atoms with Crippen molar-refractivity contribution < 1.29 is 14.3 Å². The molecule has 1 aromatic heterocycles. The van der Waals surface area contributed by atoms with E-state index in [1.54, 1.807) is 30.5 Å². The number of nitrogens with zero attached hydrogens (tertiary/aromatic N) is 2. The van der Waals surface area contributed by atoms with Crippen LogP contribution in [-0.4, -0.2) is 22.3 Å². The van der Waals surface area contributed by atoms with Gasteiger partial charge in [0.15, 0.2) is 0 Å². The summed E-state index contributed by atoms with van der Waals surface area (Å²) >= 11 is 1.47. The number of carboxylic acid groups (broad SMARTS) is 1. The number of aromatic nitrogens is 1. The second-order valence-corrected chi connectivity index (χ2v) is 6.14. The first kappa shape index (κ1) is 16.8. The summed E-state index contributed by atoms with van der Waals surface area (Å²) in [4.78, 5) is 15.1. The lowest BCUT2D eigenvalue weighted by Gasteiger charge is -2.05. The van der Waals surface area contributed by atoms with E-state index in [9.17, 15) is 9.18 Å². The number of anilines is 1. The quantitative estimate of drug-likeness (QED) is 0.525. The molecule has 0 atom stereocenters. The zero-order valence-corrected chi connectivity index (χ0v) is 14.0. The third-order valence-corrected chi connectivity index (χ3v) is 4.30. The van der Waals surface area contributed by atoms with Gasteiger partial charge in [0.05, 0.1) is 17.5 Å². The van der Waals surface area contributed by atoms with Crippen LogP contribution >= 0.6 is 11.3 Å². The number of hydrogen-bond acceptors (Lipinski definition) is 5. The molecule has 1 heterocycles. The molecule has 0 aliphatic heterocycles. The first-order chi connectivity index (χ1) is 12.0. The monoisotopic (exact) mass is 355 g/mol. The van der Waals surface area contributed by atoms with Gasteiger partial charge in [-0.1, -0.05) is 30.3 Å². The van der Waals surface area contributed by atoms with Gasteiger partial charge in [-0.25, -0.2) is 14.2 Å². The second kappa shape index (κ2) is 7.23. The van der Waals surface area contributed by atoms with Crippen molar-refractivity contribution in [2.24, 2.45) is 5.10 Å². The number of hydrazone groups is 1. The number of rotatable bonds is 5. The first-order valence-electron chi connectivity index (χ1n) is 7.37.